The molecule has 0 aliphatic carbocycles. The summed E-state index contributed by atoms with van der Waals surface area (Å²) in [5.41, 5.74) is 0.559. The number of oxazole rings is 1. The lowest BCUT2D eigenvalue weighted by Gasteiger charge is -1.99. The average Bonchev–Trinajstić information content (AvgIpc) is 2.54. The first-order valence-corrected chi connectivity index (χ1v) is 6.01. The Morgan fingerprint density at radius 1 is 1.33 bits per heavy atom. The van der Waals surface area contributed by atoms with Gasteiger partial charge in [-0.05, 0) is 19.1 Å². The highest BCUT2D eigenvalue weighted by molar-refractivity contribution is 7.90. The molecule has 0 radical (unpaired) electrons. The number of fused-ring (bicyclic) bond motifs is 1. The lowest BCUT2D eigenvalue weighted by Crippen LogP contribution is -2.24. The molecule has 0 aliphatic heterocycles. The van der Waals surface area contributed by atoms with Crippen LogP contribution in [0.25, 0.3) is 11.1 Å². The summed E-state index contributed by atoms with van der Waals surface area (Å²) in [5, 5.41) is 0. The summed E-state index contributed by atoms with van der Waals surface area (Å²) in [7, 11) is -3.60. The number of rotatable bonds is 2. The Morgan fingerprint density at radius 2 is 2.00 bits per heavy atom. The number of hydrogen-bond acceptors (Lipinski definition) is 4. The Balaban J connectivity index is 2.93. The molecule has 1 aromatic carbocycles. The number of aromatic nitrogens is 1. The third kappa shape index (κ3) is 1.46. The van der Waals surface area contributed by atoms with Crippen molar-refractivity contribution in [2.24, 2.45) is 0 Å². The molecule has 0 spiro atoms. The minimum absolute atomic E-state index is 0.142. The summed E-state index contributed by atoms with van der Waals surface area (Å²) in [6.07, 6.45) is 0. The van der Waals surface area contributed by atoms with E-state index >= 15 is 0 Å². The number of benzene rings is 1. The van der Waals surface area contributed by atoms with Crippen LogP contribution in [0.2, 0.25) is 0 Å². The number of para-hydroxylation sites is 2. The van der Waals surface area contributed by atoms with Crippen molar-refractivity contribution in [3.8, 4) is 0 Å². The fourth-order valence-electron chi connectivity index (χ4n) is 1.34. The second-order valence-corrected chi connectivity index (χ2v) is 5.11. The third-order valence-corrected chi connectivity index (χ3v) is 3.72. The van der Waals surface area contributed by atoms with Gasteiger partial charge in [0, 0.05) is 0 Å². The highest BCUT2D eigenvalue weighted by Crippen LogP contribution is 2.13. The zero-order chi connectivity index (χ0) is 11.1. The van der Waals surface area contributed by atoms with Gasteiger partial charge in [-0.25, -0.2) is 13.2 Å². The van der Waals surface area contributed by atoms with Crippen LogP contribution in [0.15, 0.2) is 33.5 Å². The van der Waals surface area contributed by atoms with Gasteiger partial charge in [-0.2, -0.15) is 3.97 Å². The highest BCUT2D eigenvalue weighted by atomic mass is 32.2. The fourth-order valence-corrected chi connectivity index (χ4v) is 2.31. The lowest BCUT2D eigenvalue weighted by atomic mass is 10.3. The van der Waals surface area contributed by atoms with E-state index in [-0.39, 0.29) is 16.9 Å². The number of hydrogen-bond donors (Lipinski definition) is 0. The van der Waals surface area contributed by atoms with Crippen molar-refractivity contribution in [3.63, 3.8) is 0 Å². The Kier molecular flexibility index (Phi) is 2.15. The van der Waals surface area contributed by atoms with Crippen molar-refractivity contribution < 1.29 is 12.8 Å². The molecule has 0 atom stereocenters. The molecule has 0 saturated heterocycles. The molecule has 6 heteroatoms. The SMILES string of the molecule is CCS(=O)(=O)n1c(=O)oc2ccccc21. The van der Waals surface area contributed by atoms with Gasteiger partial charge in [0.15, 0.2) is 5.58 Å². The number of nitrogens with zero attached hydrogens (tertiary/aromatic N) is 1. The molecule has 1 heterocycles. The molecule has 5 nitrogen and oxygen atoms in total. The summed E-state index contributed by atoms with van der Waals surface area (Å²) in [5.74, 6) is -1.01. The van der Waals surface area contributed by atoms with Gasteiger partial charge >= 0.3 is 5.76 Å². The molecule has 2 rings (SSSR count). The van der Waals surface area contributed by atoms with E-state index in [9.17, 15) is 13.2 Å². The van der Waals surface area contributed by atoms with Gasteiger partial charge in [-0.1, -0.05) is 12.1 Å². The van der Waals surface area contributed by atoms with Gasteiger partial charge < -0.3 is 4.42 Å². The van der Waals surface area contributed by atoms with Crippen molar-refractivity contribution in [1.29, 1.82) is 0 Å². The zero-order valence-corrected chi connectivity index (χ0v) is 8.82. The molecule has 0 unspecified atom stereocenters. The lowest BCUT2D eigenvalue weighted by molar-refractivity contribution is 0.534. The van der Waals surface area contributed by atoms with Crippen LogP contribution in [0.5, 0.6) is 0 Å². The van der Waals surface area contributed by atoms with Crippen LogP contribution < -0.4 is 5.76 Å². The maximum Gasteiger partial charge on any atom is 0.434 e. The van der Waals surface area contributed by atoms with Crippen molar-refractivity contribution in [3.05, 3.63) is 34.8 Å². The highest BCUT2D eigenvalue weighted by Gasteiger charge is 2.19. The minimum atomic E-state index is -3.60. The molecular formula is C9H9NO4S. The normalized spacial score (nSPS) is 12.1. The van der Waals surface area contributed by atoms with Crippen LogP contribution in [-0.4, -0.2) is 18.1 Å². The minimum Gasteiger partial charge on any atom is -0.407 e. The summed E-state index contributed by atoms with van der Waals surface area (Å²) in [6, 6.07) is 6.42. The topological polar surface area (TPSA) is 69.3 Å². The van der Waals surface area contributed by atoms with E-state index in [1.807, 2.05) is 0 Å². The molecule has 15 heavy (non-hydrogen) atoms. The molecule has 0 fully saturated rings. The van der Waals surface area contributed by atoms with Gasteiger partial charge in [0.25, 0.3) is 0 Å². The maximum atomic E-state index is 11.6. The van der Waals surface area contributed by atoms with E-state index in [4.69, 9.17) is 4.42 Å². The maximum absolute atomic E-state index is 11.6. The van der Waals surface area contributed by atoms with Crippen molar-refractivity contribution in [1.82, 2.24) is 3.97 Å². The Bertz CT molecular complexity index is 650. The first-order valence-electron chi connectivity index (χ1n) is 4.40. The second kappa shape index (κ2) is 3.23. The van der Waals surface area contributed by atoms with Crippen LogP contribution >= 0.6 is 0 Å². The summed E-state index contributed by atoms with van der Waals surface area (Å²) in [4.78, 5) is 11.4. The monoisotopic (exact) mass is 227 g/mol. The van der Waals surface area contributed by atoms with E-state index < -0.39 is 15.8 Å². The van der Waals surface area contributed by atoms with E-state index in [2.05, 4.69) is 0 Å². The Labute approximate surface area is 86.0 Å². The van der Waals surface area contributed by atoms with Crippen molar-refractivity contribution in [2.45, 2.75) is 6.92 Å². The van der Waals surface area contributed by atoms with Crippen LogP contribution in [0.1, 0.15) is 6.92 Å². The molecule has 1 aromatic heterocycles. The molecule has 80 valence electrons. The largest absolute Gasteiger partial charge is 0.434 e. The van der Waals surface area contributed by atoms with Gasteiger partial charge in [0.1, 0.15) is 5.52 Å². The smallest absolute Gasteiger partial charge is 0.407 e. The van der Waals surface area contributed by atoms with Gasteiger partial charge in [-0.3, -0.25) is 0 Å². The molecule has 0 saturated carbocycles. The third-order valence-electron chi connectivity index (χ3n) is 2.09. The second-order valence-electron chi connectivity index (χ2n) is 3.00. The molecule has 0 N–H and O–H groups in total. The van der Waals surface area contributed by atoms with E-state index in [0.29, 0.717) is 3.97 Å². The quantitative estimate of drug-likeness (QED) is 0.760. The van der Waals surface area contributed by atoms with E-state index in [1.165, 1.54) is 13.0 Å². The fraction of sp³-hybridized carbons (Fsp3) is 0.222. The van der Waals surface area contributed by atoms with Crippen LogP contribution in [0.4, 0.5) is 0 Å². The molecule has 0 aliphatic rings. The first-order chi connectivity index (χ1) is 7.06. The zero-order valence-electron chi connectivity index (χ0n) is 8.00. The predicted octanol–water partition coefficient (Wildman–Crippen LogP) is 0.792. The van der Waals surface area contributed by atoms with Crippen molar-refractivity contribution >= 4 is 21.1 Å². The Morgan fingerprint density at radius 3 is 2.67 bits per heavy atom. The van der Waals surface area contributed by atoms with Gasteiger partial charge in [-0.15, -0.1) is 0 Å². The van der Waals surface area contributed by atoms with E-state index in [1.54, 1.807) is 18.2 Å². The summed E-state index contributed by atoms with van der Waals surface area (Å²) < 4.78 is 28.7. The summed E-state index contributed by atoms with van der Waals surface area (Å²) >= 11 is 0. The van der Waals surface area contributed by atoms with Crippen LogP contribution in [-0.2, 0) is 10.0 Å². The first kappa shape index (κ1) is 9.97. The summed E-state index contributed by atoms with van der Waals surface area (Å²) in [6.45, 7) is 1.48. The van der Waals surface area contributed by atoms with Crippen molar-refractivity contribution in [2.75, 3.05) is 5.75 Å². The molecule has 0 amide bonds. The molecular weight excluding hydrogens is 218 g/mol. The van der Waals surface area contributed by atoms with Gasteiger partial charge in [0.05, 0.1) is 5.75 Å². The predicted molar refractivity (Wildman–Crippen MR) is 55.3 cm³/mol. The standard InChI is InChI=1S/C9H9NO4S/c1-2-15(12,13)10-7-5-3-4-6-8(7)14-9(10)11/h3-6H,2H2,1H3. The average molecular weight is 227 g/mol. The van der Waals surface area contributed by atoms with Crippen LogP contribution in [0.3, 0.4) is 0 Å². The Hall–Kier alpha value is -1.56. The van der Waals surface area contributed by atoms with E-state index in [0.717, 1.165) is 0 Å². The van der Waals surface area contributed by atoms with Crippen LogP contribution in [0, 0.1) is 0 Å². The molecule has 0 bridgehead atoms. The molecule has 2 aromatic rings. The van der Waals surface area contributed by atoms with Gasteiger partial charge in [0.2, 0.25) is 10.0 Å².